The van der Waals surface area contributed by atoms with Gasteiger partial charge in [-0.1, -0.05) is 5.16 Å². The van der Waals surface area contributed by atoms with Gasteiger partial charge in [0.25, 0.3) is 0 Å². The van der Waals surface area contributed by atoms with Crippen LogP contribution in [0.1, 0.15) is 17.2 Å². The van der Waals surface area contributed by atoms with Crippen LogP contribution in [-0.2, 0) is 27.4 Å². The van der Waals surface area contributed by atoms with Crippen LogP contribution in [0.25, 0.3) is 0 Å². The van der Waals surface area contributed by atoms with E-state index >= 15 is 0 Å². The molecule has 0 unspecified atom stereocenters. The van der Waals surface area contributed by atoms with Gasteiger partial charge in [-0.05, 0) is 19.1 Å². The van der Waals surface area contributed by atoms with Crippen LogP contribution in [0.5, 0.6) is 0 Å². The first-order valence-electron chi connectivity index (χ1n) is 9.50. The lowest BCUT2D eigenvalue weighted by Crippen LogP contribution is -2.36. The summed E-state index contributed by atoms with van der Waals surface area (Å²) in [4.78, 5) is 23.6. The number of carbonyl (C=O) groups is 2. The molecule has 4 rings (SSSR count). The maximum absolute atomic E-state index is 12.5. The molecule has 9 nitrogen and oxygen atoms in total. The summed E-state index contributed by atoms with van der Waals surface area (Å²) in [5.41, 5.74) is 0.922. The van der Waals surface area contributed by atoms with Crippen molar-refractivity contribution in [1.82, 2.24) is 15.4 Å². The highest BCUT2D eigenvalue weighted by Gasteiger charge is 2.46. The number of likely N-dealkylation sites (tertiary alicyclic amines) is 1. The van der Waals surface area contributed by atoms with Gasteiger partial charge in [-0.2, -0.15) is 13.2 Å². The van der Waals surface area contributed by atoms with Crippen molar-refractivity contribution in [3.05, 3.63) is 41.7 Å². The Hall–Kier alpha value is -2.86. The minimum absolute atomic E-state index is 0.0398. The lowest BCUT2D eigenvalue weighted by molar-refractivity contribution is -0.192. The van der Waals surface area contributed by atoms with E-state index in [0.717, 1.165) is 36.8 Å². The molecule has 12 heteroatoms. The number of fused-ring (bicyclic) bond motifs is 1. The van der Waals surface area contributed by atoms with Crippen LogP contribution >= 0.6 is 0 Å². The predicted octanol–water partition coefficient (Wildman–Crippen LogP) is 1.97. The zero-order valence-electron chi connectivity index (χ0n) is 16.6. The van der Waals surface area contributed by atoms with Crippen molar-refractivity contribution < 1.29 is 41.5 Å². The monoisotopic (exact) mass is 445 g/mol. The minimum Gasteiger partial charge on any atom is -0.475 e. The SMILES string of the molecule is Cc1cc(CN2C[C@@H]3[C@@H](C(=O)NCc4ccco4)CO[C@@H]3C2)no1.O=C(O)C(F)(F)F. The molecule has 0 radical (unpaired) electrons. The summed E-state index contributed by atoms with van der Waals surface area (Å²) in [6.45, 7) is 5.21. The van der Waals surface area contributed by atoms with Gasteiger partial charge in [-0.25, -0.2) is 4.79 Å². The number of furan rings is 1. The largest absolute Gasteiger partial charge is 0.490 e. The Balaban J connectivity index is 0.000000339. The molecular weight excluding hydrogens is 423 g/mol. The van der Waals surface area contributed by atoms with E-state index in [2.05, 4.69) is 15.4 Å². The highest BCUT2D eigenvalue weighted by atomic mass is 19.4. The summed E-state index contributed by atoms with van der Waals surface area (Å²) in [6.07, 6.45) is -3.35. The van der Waals surface area contributed by atoms with Crippen LogP contribution in [0, 0.1) is 18.8 Å². The van der Waals surface area contributed by atoms with Crippen molar-refractivity contribution in [2.75, 3.05) is 19.7 Å². The second-order valence-electron chi connectivity index (χ2n) is 7.37. The van der Waals surface area contributed by atoms with Crippen molar-refractivity contribution in [2.24, 2.45) is 11.8 Å². The number of hydrogen-bond acceptors (Lipinski definition) is 7. The molecule has 4 heterocycles. The fourth-order valence-electron chi connectivity index (χ4n) is 3.63. The Morgan fingerprint density at radius 1 is 1.35 bits per heavy atom. The molecule has 2 N–H and O–H groups in total. The fraction of sp³-hybridized carbons (Fsp3) is 0.526. The van der Waals surface area contributed by atoms with Crippen molar-refractivity contribution in [1.29, 1.82) is 0 Å². The lowest BCUT2D eigenvalue weighted by Gasteiger charge is -2.18. The number of aromatic nitrogens is 1. The van der Waals surface area contributed by atoms with E-state index in [1.807, 2.05) is 25.1 Å². The average Bonchev–Trinajstić information content (AvgIpc) is 3.45. The Morgan fingerprint density at radius 3 is 2.68 bits per heavy atom. The number of aryl methyl sites for hydroxylation is 1. The number of carboxylic acids is 1. The van der Waals surface area contributed by atoms with Gasteiger partial charge >= 0.3 is 12.1 Å². The van der Waals surface area contributed by atoms with Crippen LogP contribution in [0.4, 0.5) is 13.2 Å². The predicted molar refractivity (Wildman–Crippen MR) is 97.5 cm³/mol. The topological polar surface area (TPSA) is 118 Å². The van der Waals surface area contributed by atoms with E-state index < -0.39 is 12.1 Å². The molecule has 2 fully saturated rings. The number of halogens is 3. The first kappa shape index (κ1) is 22.8. The molecule has 2 aromatic rings. The fourth-order valence-corrected chi connectivity index (χ4v) is 3.63. The number of carbonyl (C=O) groups excluding carboxylic acids is 1. The average molecular weight is 445 g/mol. The van der Waals surface area contributed by atoms with E-state index in [0.29, 0.717) is 13.2 Å². The first-order chi connectivity index (χ1) is 14.6. The first-order valence-corrected chi connectivity index (χ1v) is 9.50. The van der Waals surface area contributed by atoms with E-state index in [1.54, 1.807) is 6.26 Å². The van der Waals surface area contributed by atoms with E-state index in [1.165, 1.54) is 0 Å². The van der Waals surface area contributed by atoms with Gasteiger partial charge in [-0.15, -0.1) is 0 Å². The Bertz CT molecular complexity index is 883. The maximum atomic E-state index is 12.5. The number of aliphatic carboxylic acids is 1. The van der Waals surface area contributed by atoms with E-state index in [-0.39, 0.29) is 23.8 Å². The highest BCUT2D eigenvalue weighted by molar-refractivity contribution is 5.79. The molecule has 0 aliphatic carbocycles. The van der Waals surface area contributed by atoms with Crippen molar-refractivity contribution >= 4 is 11.9 Å². The third-order valence-corrected chi connectivity index (χ3v) is 5.05. The minimum atomic E-state index is -5.08. The normalized spacial score (nSPS) is 23.2. The Labute approximate surface area is 175 Å². The summed E-state index contributed by atoms with van der Waals surface area (Å²) in [6, 6.07) is 5.62. The molecule has 2 saturated heterocycles. The molecule has 0 bridgehead atoms. The quantitative estimate of drug-likeness (QED) is 0.717. The van der Waals surface area contributed by atoms with Gasteiger partial charge in [0.05, 0.1) is 37.1 Å². The van der Waals surface area contributed by atoms with Crippen molar-refractivity contribution in [2.45, 2.75) is 32.3 Å². The highest BCUT2D eigenvalue weighted by Crippen LogP contribution is 2.34. The third-order valence-electron chi connectivity index (χ3n) is 5.05. The maximum Gasteiger partial charge on any atom is 0.490 e. The Kier molecular flexibility index (Phi) is 7.01. The molecule has 170 valence electrons. The summed E-state index contributed by atoms with van der Waals surface area (Å²) in [5, 5.41) is 14.1. The number of nitrogens with one attached hydrogen (secondary N) is 1. The van der Waals surface area contributed by atoms with Crippen LogP contribution in [0.3, 0.4) is 0 Å². The number of ether oxygens (including phenoxy) is 1. The van der Waals surface area contributed by atoms with E-state index in [4.69, 9.17) is 23.6 Å². The van der Waals surface area contributed by atoms with Crippen molar-refractivity contribution in [3.63, 3.8) is 0 Å². The standard InChI is InChI=1S/C17H21N3O4.C2HF3O2/c1-11-5-12(19-24-11)7-20-8-14-15(10-23-16(14)9-20)17(21)18-6-13-3-2-4-22-13;3-2(4,5)1(6)7/h2-5,14-16H,6-10H2,1H3,(H,18,21);(H,6,7)/t14-,15+,16-;/m1./s1. The molecule has 2 aromatic heterocycles. The van der Waals surface area contributed by atoms with Crippen LogP contribution < -0.4 is 5.32 Å². The second kappa shape index (κ2) is 9.52. The van der Waals surface area contributed by atoms with Gasteiger partial charge < -0.3 is 24.1 Å². The number of amides is 1. The van der Waals surface area contributed by atoms with Gasteiger partial charge in [0.15, 0.2) is 0 Å². The molecule has 1 amide bonds. The zero-order valence-corrected chi connectivity index (χ0v) is 16.6. The number of hydrogen-bond donors (Lipinski definition) is 2. The second-order valence-corrected chi connectivity index (χ2v) is 7.37. The summed E-state index contributed by atoms with van der Waals surface area (Å²) in [7, 11) is 0. The van der Waals surface area contributed by atoms with Crippen LogP contribution in [0.15, 0.2) is 33.4 Å². The smallest absolute Gasteiger partial charge is 0.475 e. The molecule has 31 heavy (non-hydrogen) atoms. The van der Waals surface area contributed by atoms with E-state index in [9.17, 15) is 18.0 Å². The number of rotatable bonds is 5. The lowest BCUT2D eigenvalue weighted by atomic mass is 9.92. The van der Waals surface area contributed by atoms with Gasteiger partial charge in [0, 0.05) is 31.6 Å². The summed E-state index contributed by atoms with van der Waals surface area (Å²) < 4.78 is 48.0. The summed E-state index contributed by atoms with van der Waals surface area (Å²) >= 11 is 0. The molecule has 0 aromatic carbocycles. The van der Waals surface area contributed by atoms with Gasteiger partial charge in [0.1, 0.15) is 11.5 Å². The van der Waals surface area contributed by atoms with Crippen LogP contribution in [-0.4, -0.2) is 59.0 Å². The third kappa shape index (κ3) is 6.07. The van der Waals surface area contributed by atoms with Gasteiger partial charge in [0.2, 0.25) is 5.91 Å². The Morgan fingerprint density at radius 2 is 2.10 bits per heavy atom. The van der Waals surface area contributed by atoms with Gasteiger partial charge in [-0.3, -0.25) is 9.69 Å². The number of nitrogens with zero attached hydrogens (tertiary/aromatic N) is 2. The number of carboxylic acid groups (broad SMARTS) is 1. The zero-order chi connectivity index (χ0) is 22.6. The number of alkyl halides is 3. The summed E-state index contributed by atoms with van der Waals surface area (Å²) in [5.74, 6) is -1.02. The molecule has 0 saturated carbocycles. The van der Waals surface area contributed by atoms with Crippen molar-refractivity contribution in [3.8, 4) is 0 Å². The molecule has 0 spiro atoms. The molecule has 2 aliphatic rings. The molecule has 3 atom stereocenters. The molecular formula is C19H22F3N3O6. The van der Waals surface area contributed by atoms with Crippen LogP contribution in [0.2, 0.25) is 0 Å². The molecule has 2 aliphatic heterocycles.